The van der Waals surface area contributed by atoms with E-state index in [0.29, 0.717) is 6.04 Å². The van der Waals surface area contributed by atoms with Gasteiger partial charge in [-0.2, -0.15) is 0 Å². The van der Waals surface area contributed by atoms with Gasteiger partial charge in [0.25, 0.3) is 0 Å². The second kappa shape index (κ2) is 7.97. The molecule has 0 saturated heterocycles. The molecule has 0 radical (unpaired) electrons. The molecule has 5 heteroatoms. The second-order valence-corrected chi connectivity index (χ2v) is 5.50. The zero-order chi connectivity index (χ0) is 14.2. The van der Waals surface area contributed by atoms with E-state index < -0.39 is 0 Å². The molecule has 0 bridgehead atoms. The maximum absolute atomic E-state index is 5.31. The molecule has 1 aromatic carbocycles. The molecule has 0 aliphatic rings. The Labute approximate surface area is 124 Å². The number of hydrogen-bond acceptors (Lipinski definition) is 4. The standard InChI is InChI=1S/C15H21N3OS/c1-3-7-16-14(11-20-15-17-8-9-18-15)12-5-4-6-13(10-12)19-2/h4-6,8-10,14,16H,3,7,11H2,1-2H3,(H,17,18). The van der Waals surface area contributed by atoms with Gasteiger partial charge in [-0.1, -0.05) is 30.8 Å². The van der Waals surface area contributed by atoms with E-state index in [9.17, 15) is 0 Å². The van der Waals surface area contributed by atoms with E-state index in [0.717, 1.165) is 29.6 Å². The van der Waals surface area contributed by atoms with Crippen molar-refractivity contribution in [2.75, 3.05) is 19.4 Å². The summed E-state index contributed by atoms with van der Waals surface area (Å²) in [5.41, 5.74) is 1.25. The summed E-state index contributed by atoms with van der Waals surface area (Å²) in [5.74, 6) is 1.83. The number of nitrogens with one attached hydrogen (secondary N) is 2. The molecular formula is C15H21N3OS. The molecule has 0 amide bonds. The van der Waals surface area contributed by atoms with Crippen LogP contribution in [0.2, 0.25) is 0 Å². The first kappa shape index (κ1) is 14.9. The highest BCUT2D eigenvalue weighted by molar-refractivity contribution is 7.99. The lowest BCUT2D eigenvalue weighted by atomic mass is 10.1. The molecule has 1 aromatic heterocycles. The Bertz CT molecular complexity index is 502. The van der Waals surface area contributed by atoms with Gasteiger partial charge in [0.1, 0.15) is 5.75 Å². The average molecular weight is 291 g/mol. The van der Waals surface area contributed by atoms with Crippen LogP contribution in [-0.2, 0) is 0 Å². The fraction of sp³-hybridized carbons (Fsp3) is 0.400. The summed E-state index contributed by atoms with van der Waals surface area (Å²) in [6.45, 7) is 3.18. The maximum atomic E-state index is 5.31. The lowest BCUT2D eigenvalue weighted by Crippen LogP contribution is -2.24. The number of aromatic nitrogens is 2. The minimum atomic E-state index is 0.292. The molecule has 2 N–H and O–H groups in total. The molecular weight excluding hydrogens is 270 g/mol. The van der Waals surface area contributed by atoms with Gasteiger partial charge in [0.2, 0.25) is 0 Å². The predicted molar refractivity (Wildman–Crippen MR) is 83.3 cm³/mol. The van der Waals surface area contributed by atoms with Crippen molar-refractivity contribution >= 4 is 11.8 Å². The molecule has 108 valence electrons. The van der Waals surface area contributed by atoms with Crippen LogP contribution in [0.3, 0.4) is 0 Å². The molecule has 1 atom stereocenters. The quantitative estimate of drug-likeness (QED) is 0.733. The van der Waals surface area contributed by atoms with E-state index in [2.05, 4.69) is 34.3 Å². The Morgan fingerprint density at radius 1 is 1.45 bits per heavy atom. The molecule has 0 fully saturated rings. The maximum Gasteiger partial charge on any atom is 0.165 e. The van der Waals surface area contributed by atoms with E-state index in [-0.39, 0.29) is 0 Å². The van der Waals surface area contributed by atoms with Gasteiger partial charge in [0.05, 0.1) is 7.11 Å². The number of thioether (sulfide) groups is 1. The average Bonchev–Trinajstić information content (AvgIpc) is 3.01. The molecule has 0 saturated carbocycles. The van der Waals surface area contributed by atoms with Gasteiger partial charge in [-0.15, -0.1) is 0 Å². The van der Waals surface area contributed by atoms with Crippen molar-refractivity contribution in [2.45, 2.75) is 24.5 Å². The topological polar surface area (TPSA) is 49.9 Å². The van der Waals surface area contributed by atoms with Crippen LogP contribution in [-0.4, -0.2) is 29.4 Å². The molecule has 0 aliphatic heterocycles. The van der Waals surface area contributed by atoms with Crippen molar-refractivity contribution in [2.24, 2.45) is 0 Å². The van der Waals surface area contributed by atoms with Gasteiger partial charge in [-0.25, -0.2) is 4.98 Å². The summed E-state index contributed by atoms with van der Waals surface area (Å²) in [5, 5.41) is 4.54. The summed E-state index contributed by atoms with van der Waals surface area (Å²) in [6.07, 6.45) is 4.75. The van der Waals surface area contributed by atoms with Crippen LogP contribution in [0, 0.1) is 0 Å². The van der Waals surface area contributed by atoms with Gasteiger partial charge >= 0.3 is 0 Å². The van der Waals surface area contributed by atoms with Gasteiger partial charge in [-0.05, 0) is 30.7 Å². The van der Waals surface area contributed by atoms with E-state index in [1.807, 2.05) is 18.3 Å². The molecule has 20 heavy (non-hydrogen) atoms. The van der Waals surface area contributed by atoms with Gasteiger partial charge < -0.3 is 15.0 Å². The van der Waals surface area contributed by atoms with Crippen LogP contribution in [0.25, 0.3) is 0 Å². The SMILES string of the molecule is CCCNC(CSc1ncc[nH]1)c1cccc(OC)c1. The molecule has 2 aromatic rings. The number of ether oxygens (including phenoxy) is 1. The van der Waals surface area contributed by atoms with Crippen molar-refractivity contribution < 1.29 is 4.74 Å². The number of rotatable bonds is 8. The number of nitrogens with zero attached hydrogens (tertiary/aromatic N) is 1. The first-order valence-corrected chi connectivity index (χ1v) is 7.81. The lowest BCUT2D eigenvalue weighted by molar-refractivity contribution is 0.413. The zero-order valence-electron chi connectivity index (χ0n) is 11.9. The van der Waals surface area contributed by atoms with Crippen molar-refractivity contribution in [3.63, 3.8) is 0 Å². The summed E-state index contributed by atoms with van der Waals surface area (Å²) in [6, 6.07) is 8.53. The van der Waals surface area contributed by atoms with Crippen LogP contribution in [0.5, 0.6) is 5.75 Å². The summed E-state index contributed by atoms with van der Waals surface area (Å²) in [7, 11) is 1.70. The monoisotopic (exact) mass is 291 g/mol. The molecule has 4 nitrogen and oxygen atoms in total. The molecule has 0 aliphatic carbocycles. The molecule has 1 heterocycles. The minimum Gasteiger partial charge on any atom is -0.497 e. The Balaban J connectivity index is 2.05. The highest BCUT2D eigenvalue weighted by atomic mass is 32.2. The van der Waals surface area contributed by atoms with Crippen molar-refractivity contribution in [3.05, 3.63) is 42.2 Å². The largest absolute Gasteiger partial charge is 0.497 e. The second-order valence-electron chi connectivity index (χ2n) is 4.49. The van der Waals surface area contributed by atoms with Crippen LogP contribution in [0.1, 0.15) is 24.9 Å². The smallest absolute Gasteiger partial charge is 0.165 e. The first-order chi connectivity index (χ1) is 9.83. The van der Waals surface area contributed by atoms with Gasteiger partial charge in [0, 0.05) is 24.2 Å². The van der Waals surface area contributed by atoms with E-state index in [4.69, 9.17) is 4.74 Å². The lowest BCUT2D eigenvalue weighted by Gasteiger charge is -2.18. The third-order valence-corrected chi connectivity index (χ3v) is 3.99. The number of methoxy groups -OCH3 is 1. The van der Waals surface area contributed by atoms with Crippen LogP contribution >= 0.6 is 11.8 Å². The molecule has 1 unspecified atom stereocenters. The number of aromatic amines is 1. The Morgan fingerprint density at radius 3 is 3.05 bits per heavy atom. The third kappa shape index (κ3) is 4.28. The summed E-state index contributed by atoms with van der Waals surface area (Å²) in [4.78, 5) is 7.37. The predicted octanol–water partition coefficient (Wildman–Crippen LogP) is 3.25. The van der Waals surface area contributed by atoms with Crippen LogP contribution in [0.15, 0.2) is 41.8 Å². The Morgan fingerprint density at radius 2 is 2.35 bits per heavy atom. The van der Waals surface area contributed by atoms with Crippen LogP contribution < -0.4 is 10.1 Å². The number of H-pyrrole nitrogens is 1. The number of imidazole rings is 1. The van der Waals surface area contributed by atoms with Crippen molar-refractivity contribution in [1.82, 2.24) is 15.3 Å². The van der Waals surface area contributed by atoms with Crippen molar-refractivity contribution in [3.8, 4) is 5.75 Å². The van der Waals surface area contributed by atoms with Crippen LogP contribution in [0.4, 0.5) is 0 Å². The molecule has 2 rings (SSSR count). The van der Waals surface area contributed by atoms with E-state index >= 15 is 0 Å². The van der Waals surface area contributed by atoms with Crippen molar-refractivity contribution in [1.29, 1.82) is 0 Å². The first-order valence-electron chi connectivity index (χ1n) is 6.83. The summed E-state index contributed by atoms with van der Waals surface area (Å²) >= 11 is 1.72. The highest BCUT2D eigenvalue weighted by Gasteiger charge is 2.12. The Kier molecular flexibility index (Phi) is 5.95. The zero-order valence-corrected chi connectivity index (χ0v) is 12.7. The fourth-order valence-electron chi connectivity index (χ4n) is 1.94. The highest BCUT2D eigenvalue weighted by Crippen LogP contribution is 2.24. The summed E-state index contributed by atoms with van der Waals surface area (Å²) < 4.78 is 5.31. The Hall–Kier alpha value is -1.46. The number of benzene rings is 1. The minimum absolute atomic E-state index is 0.292. The van der Waals surface area contributed by atoms with Gasteiger partial charge in [0.15, 0.2) is 5.16 Å². The third-order valence-electron chi connectivity index (χ3n) is 3.00. The normalized spacial score (nSPS) is 12.3. The van der Waals surface area contributed by atoms with E-state index in [1.165, 1.54) is 5.56 Å². The number of hydrogen-bond donors (Lipinski definition) is 2. The fourth-order valence-corrected chi connectivity index (χ4v) is 2.86. The van der Waals surface area contributed by atoms with E-state index in [1.54, 1.807) is 25.1 Å². The molecule has 0 spiro atoms. The van der Waals surface area contributed by atoms with Gasteiger partial charge in [-0.3, -0.25) is 0 Å².